The van der Waals surface area contributed by atoms with Gasteiger partial charge in [0, 0.05) is 13.2 Å². The van der Waals surface area contributed by atoms with Crippen LogP contribution >= 0.6 is 0 Å². The summed E-state index contributed by atoms with van der Waals surface area (Å²) in [6.45, 7) is -0.481. The summed E-state index contributed by atoms with van der Waals surface area (Å²) in [6.07, 6.45) is 3.19. The molecular weight excluding hydrogens is 156 g/mol. The van der Waals surface area contributed by atoms with Gasteiger partial charge in [0.2, 0.25) is 0 Å². The van der Waals surface area contributed by atoms with E-state index in [2.05, 4.69) is 4.98 Å². The third-order valence-electron chi connectivity index (χ3n) is 1.54. The lowest BCUT2D eigenvalue weighted by molar-refractivity contribution is -0.120. The van der Waals surface area contributed by atoms with Crippen LogP contribution in [0.4, 0.5) is 5.69 Å². The van der Waals surface area contributed by atoms with Crippen LogP contribution in [0.5, 0.6) is 0 Å². The lowest BCUT2D eigenvalue weighted by atomic mass is 10.4. The Labute approximate surface area is 70.5 Å². The number of hydrogen-bond donors (Lipinski definition) is 1. The minimum atomic E-state index is -0.481. The molecule has 1 heterocycles. The van der Waals surface area contributed by atoms with E-state index in [9.17, 15) is 4.79 Å². The van der Waals surface area contributed by atoms with Crippen molar-refractivity contribution in [3.8, 4) is 0 Å². The van der Waals surface area contributed by atoms with Crippen molar-refractivity contribution >= 4 is 11.6 Å². The Balaban J connectivity index is 2.78. The molecule has 0 aliphatic carbocycles. The van der Waals surface area contributed by atoms with E-state index in [4.69, 9.17) is 5.11 Å². The molecule has 0 bridgehead atoms. The fraction of sp³-hybridized carbons (Fsp3) is 0.250. The molecule has 4 nitrogen and oxygen atoms in total. The molecule has 0 atom stereocenters. The number of hydrogen-bond acceptors (Lipinski definition) is 3. The van der Waals surface area contributed by atoms with Crippen molar-refractivity contribution in [1.29, 1.82) is 0 Å². The molecule has 0 aromatic carbocycles. The van der Waals surface area contributed by atoms with Crippen molar-refractivity contribution in [2.24, 2.45) is 0 Å². The first-order valence-electron chi connectivity index (χ1n) is 3.53. The van der Waals surface area contributed by atoms with E-state index in [-0.39, 0.29) is 5.91 Å². The Bertz CT molecular complexity index is 261. The highest BCUT2D eigenvalue weighted by Gasteiger charge is 2.07. The molecule has 0 unspecified atom stereocenters. The van der Waals surface area contributed by atoms with Gasteiger partial charge in [-0.05, 0) is 12.1 Å². The zero-order chi connectivity index (χ0) is 8.97. The van der Waals surface area contributed by atoms with E-state index in [0.717, 1.165) is 0 Å². The largest absolute Gasteiger partial charge is 0.387 e. The van der Waals surface area contributed by atoms with Crippen molar-refractivity contribution < 1.29 is 9.90 Å². The monoisotopic (exact) mass is 166 g/mol. The average molecular weight is 166 g/mol. The average Bonchev–Trinajstić information content (AvgIpc) is 2.17. The fourth-order valence-corrected chi connectivity index (χ4v) is 0.802. The van der Waals surface area contributed by atoms with Gasteiger partial charge in [-0.1, -0.05) is 0 Å². The summed E-state index contributed by atoms with van der Waals surface area (Å²) in [5.74, 6) is -0.344. The van der Waals surface area contributed by atoms with Crippen molar-refractivity contribution in [1.82, 2.24) is 4.98 Å². The van der Waals surface area contributed by atoms with E-state index in [1.807, 2.05) is 0 Å². The van der Waals surface area contributed by atoms with Gasteiger partial charge in [-0.3, -0.25) is 9.78 Å². The summed E-state index contributed by atoms with van der Waals surface area (Å²) in [4.78, 5) is 16.2. The molecule has 1 amide bonds. The SMILES string of the molecule is CN(C(=O)CO)c1cccnc1. The van der Waals surface area contributed by atoms with E-state index in [1.54, 1.807) is 31.6 Å². The minimum absolute atomic E-state index is 0.344. The highest BCUT2D eigenvalue weighted by atomic mass is 16.3. The minimum Gasteiger partial charge on any atom is -0.387 e. The summed E-state index contributed by atoms with van der Waals surface area (Å²) < 4.78 is 0. The number of carbonyl (C=O) groups excluding carboxylic acids is 1. The van der Waals surface area contributed by atoms with E-state index in [1.165, 1.54) is 4.90 Å². The molecule has 1 N–H and O–H groups in total. The Kier molecular flexibility index (Phi) is 2.76. The lowest BCUT2D eigenvalue weighted by Gasteiger charge is -2.14. The van der Waals surface area contributed by atoms with Crippen LogP contribution in [0.2, 0.25) is 0 Å². The molecule has 0 aliphatic rings. The van der Waals surface area contributed by atoms with Crippen LogP contribution in [0, 0.1) is 0 Å². The van der Waals surface area contributed by atoms with Crippen molar-refractivity contribution in [2.75, 3.05) is 18.6 Å². The fourth-order valence-electron chi connectivity index (χ4n) is 0.802. The third kappa shape index (κ3) is 1.79. The van der Waals surface area contributed by atoms with Gasteiger partial charge in [0.15, 0.2) is 0 Å². The molecule has 0 fully saturated rings. The zero-order valence-corrected chi connectivity index (χ0v) is 6.77. The number of pyridine rings is 1. The molecule has 0 spiro atoms. The number of nitrogens with zero attached hydrogens (tertiary/aromatic N) is 2. The zero-order valence-electron chi connectivity index (χ0n) is 6.77. The number of likely N-dealkylation sites (N-methyl/N-ethyl adjacent to an activating group) is 1. The molecule has 64 valence electrons. The Morgan fingerprint density at radius 2 is 2.50 bits per heavy atom. The van der Waals surface area contributed by atoms with E-state index >= 15 is 0 Å². The van der Waals surface area contributed by atoms with Gasteiger partial charge >= 0.3 is 0 Å². The number of aliphatic hydroxyl groups excluding tert-OH is 1. The molecule has 0 aliphatic heterocycles. The highest BCUT2D eigenvalue weighted by molar-refractivity contribution is 5.93. The number of aromatic nitrogens is 1. The van der Waals surface area contributed by atoms with E-state index < -0.39 is 6.61 Å². The molecule has 0 saturated heterocycles. The van der Waals surface area contributed by atoms with E-state index in [0.29, 0.717) is 5.69 Å². The Morgan fingerprint density at radius 3 is 3.00 bits per heavy atom. The molecule has 0 saturated carbocycles. The summed E-state index contributed by atoms with van der Waals surface area (Å²) in [6, 6.07) is 3.48. The molecule has 1 aromatic heterocycles. The third-order valence-corrected chi connectivity index (χ3v) is 1.54. The van der Waals surface area contributed by atoms with Crippen LogP contribution in [-0.4, -0.2) is 29.7 Å². The smallest absolute Gasteiger partial charge is 0.252 e. The van der Waals surface area contributed by atoms with Crippen LogP contribution in [0.1, 0.15) is 0 Å². The normalized spacial score (nSPS) is 9.50. The van der Waals surface area contributed by atoms with Gasteiger partial charge in [-0.2, -0.15) is 0 Å². The van der Waals surface area contributed by atoms with Crippen LogP contribution in [-0.2, 0) is 4.79 Å². The summed E-state index contributed by atoms with van der Waals surface area (Å²) in [7, 11) is 1.59. The summed E-state index contributed by atoms with van der Waals surface area (Å²) in [5, 5.41) is 8.55. The maximum Gasteiger partial charge on any atom is 0.252 e. The van der Waals surface area contributed by atoms with Crippen molar-refractivity contribution in [2.45, 2.75) is 0 Å². The standard InChI is InChI=1S/C8H10N2O2/c1-10(8(12)6-11)7-3-2-4-9-5-7/h2-5,11H,6H2,1H3. The number of amides is 1. The number of anilines is 1. The highest BCUT2D eigenvalue weighted by Crippen LogP contribution is 2.08. The summed E-state index contributed by atoms with van der Waals surface area (Å²) in [5.41, 5.74) is 0.677. The second kappa shape index (κ2) is 3.82. The van der Waals surface area contributed by atoms with Gasteiger partial charge in [0.1, 0.15) is 6.61 Å². The molecule has 4 heteroatoms. The molecule has 12 heavy (non-hydrogen) atoms. The molecule has 0 radical (unpaired) electrons. The molecule has 1 aromatic rings. The predicted octanol–water partition coefficient (Wildman–Crippen LogP) is 0.0367. The van der Waals surface area contributed by atoms with Crippen LogP contribution < -0.4 is 4.90 Å². The van der Waals surface area contributed by atoms with Crippen LogP contribution in [0.25, 0.3) is 0 Å². The maximum absolute atomic E-state index is 11.0. The first kappa shape index (κ1) is 8.67. The first-order valence-corrected chi connectivity index (χ1v) is 3.53. The molecular formula is C8H10N2O2. The number of carbonyl (C=O) groups is 1. The topological polar surface area (TPSA) is 53.4 Å². The molecule has 1 rings (SSSR count). The van der Waals surface area contributed by atoms with Crippen LogP contribution in [0.3, 0.4) is 0 Å². The van der Waals surface area contributed by atoms with Gasteiger partial charge in [0.05, 0.1) is 11.9 Å². The van der Waals surface area contributed by atoms with Gasteiger partial charge < -0.3 is 10.0 Å². The van der Waals surface area contributed by atoms with Crippen LogP contribution in [0.15, 0.2) is 24.5 Å². The second-order valence-electron chi connectivity index (χ2n) is 2.32. The Hall–Kier alpha value is -1.42. The number of rotatable bonds is 2. The maximum atomic E-state index is 11.0. The van der Waals surface area contributed by atoms with Gasteiger partial charge in [-0.25, -0.2) is 0 Å². The van der Waals surface area contributed by atoms with Crippen molar-refractivity contribution in [3.63, 3.8) is 0 Å². The number of aliphatic hydroxyl groups is 1. The quantitative estimate of drug-likeness (QED) is 0.674. The first-order chi connectivity index (χ1) is 5.75. The van der Waals surface area contributed by atoms with Gasteiger partial charge in [0.25, 0.3) is 5.91 Å². The van der Waals surface area contributed by atoms with Gasteiger partial charge in [-0.15, -0.1) is 0 Å². The summed E-state index contributed by atoms with van der Waals surface area (Å²) >= 11 is 0. The Morgan fingerprint density at radius 1 is 1.75 bits per heavy atom. The second-order valence-corrected chi connectivity index (χ2v) is 2.32. The van der Waals surface area contributed by atoms with Crippen molar-refractivity contribution in [3.05, 3.63) is 24.5 Å². The lowest BCUT2D eigenvalue weighted by Crippen LogP contribution is -2.28. The predicted molar refractivity (Wildman–Crippen MR) is 44.7 cm³/mol.